The zero-order valence-electron chi connectivity index (χ0n) is 10.6. The van der Waals surface area contributed by atoms with Crippen LogP contribution in [0, 0.1) is 0 Å². The fraction of sp³-hybridized carbons (Fsp3) is 0.727. The summed E-state index contributed by atoms with van der Waals surface area (Å²) in [7, 11) is 1.96. The van der Waals surface area contributed by atoms with E-state index in [2.05, 4.69) is 27.5 Å². The maximum Gasteiger partial charge on any atom is 0.234 e. The predicted molar refractivity (Wildman–Crippen MR) is 68.7 cm³/mol. The van der Waals surface area contributed by atoms with Crippen molar-refractivity contribution in [3.05, 3.63) is 10.8 Å². The van der Waals surface area contributed by atoms with Gasteiger partial charge in [-0.3, -0.25) is 0 Å². The fourth-order valence-electron chi connectivity index (χ4n) is 2.27. The Morgan fingerprint density at radius 2 is 2.44 bits per heavy atom. The van der Waals surface area contributed by atoms with Crippen molar-refractivity contribution in [1.29, 1.82) is 0 Å². The van der Waals surface area contributed by atoms with Crippen LogP contribution in [0.3, 0.4) is 0 Å². The molecule has 0 saturated carbocycles. The van der Waals surface area contributed by atoms with Crippen molar-refractivity contribution in [2.75, 3.05) is 13.7 Å². The molecule has 1 aliphatic rings. The van der Waals surface area contributed by atoms with Gasteiger partial charge in [0.1, 0.15) is 11.1 Å². The van der Waals surface area contributed by atoms with Crippen molar-refractivity contribution in [1.82, 2.24) is 25.1 Å². The predicted octanol–water partition coefficient (Wildman–Crippen LogP) is 1.71. The minimum absolute atomic E-state index is 0.0598. The highest BCUT2D eigenvalue weighted by molar-refractivity contribution is 7.16. The Balaban J connectivity index is 1.97. The zero-order valence-corrected chi connectivity index (χ0v) is 11.4. The monoisotopic (exact) mass is 267 g/mol. The molecule has 2 aromatic rings. The Bertz CT molecular complexity index is 527. The van der Waals surface area contributed by atoms with E-state index in [1.165, 1.54) is 0 Å². The molecule has 0 amide bonds. The molecule has 3 rings (SSSR count). The van der Waals surface area contributed by atoms with E-state index in [-0.39, 0.29) is 12.1 Å². The Kier molecular flexibility index (Phi) is 3.27. The third-order valence-electron chi connectivity index (χ3n) is 3.30. The SMILES string of the molecule is CCC(NC)c1nn2c(C3CCCO3)nnc2s1. The maximum absolute atomic E-state index is 5.65. The Labute approximate surface area is 109 Å². The molecule has 6 nitrogen and oxygen atoms in total. The van der Waals surface area contributed by atoms with Gasteiger partial charge in [-0.2, -0.15) is 9.61 Å². The van der Waals surface area contributed by atoms with E-state index >= 15 is 0 Å². The third-order valence-corrected chi connectivity index (χ3v) is 4.32. The fourth-order valence-corrected chi connectivity index (χ4v) is 3.31. The molecule has 7 heteroatoms. The summed E-state index contributed by atoms with van der Waals surface area (Å²) < 4.78 is 7.50. The Hall–Kier alpha value is -1.05. The number of nitrogens with one attached hydrogen (secondary N) is 1. The number of ether oxygens (including phenoxy) is 1. The molecular formula is C11H17N5OS. The smallest absolute Gasteiger partial charge is 0.234 e. The summed E-state index contributed by atoms with van der Waals surface area (Å²) in [5, 5.41) is 17.4. The van der Waals surface area contributed by atoms with E-state index in [1.807, 2.05) is 11.6 Å². The highest BCUT2D eigenvalue weighted by Gasteiger charge is 2.25. The second-order valence-corrected chi connectivity index (χ2v) is 5.43. The van der Waals surface area contributed by atoms with Gasteiger partial charge in [-0.05, 0) is 26.3 Å². The molecular weight excluding hydrogens is 250 g/mol. The van der Waals surface area contributed by atoms with E-state index in [1.54, 1.807) is 11.3 Å². The molecule has 0 bridgehead atoms. The van der Waals surface area contributed by atoms with E-state index in [4.69, 9.17) is 4.74 Å². The summed E-state index contributed by atoms with van der Waals surface area (Å²) in [5.74, 6) is 0.843. The molecule has 0 radical (unpaired) electrons. The topological polar surface area (TPSA) is 64.3 Å². The van der Waals surface area contributed by atoms with Gasteiger partial charge in [-0.15, -0.1) is 10.2 Å². The highest BCUT2D eigenvalue weighted by Crippen LogP contribution is 2.29. The van der Waals surface area contributed by atoms with Gasteiger partial charge in [0, 0.05) is 6.61 Å². The summed E-state index contributed by atoms with van der Waals surface area (Å²) in [5.41, 5.74) is 0. The molecule has 1 saturated heterocycles. The molecule has 0 spiro atoms. The van der Waals surface area contributed by atoms with Crippen LogP contribution in [-0.4, -0.2) is 33.5 Å². The number of fused-ring (bicyclic) bond motifs is 1. The lowest BCUT2D eigenvalue weighted by Gasteiger charge is -2.09. The van der Waals surface area contributed by atoms with Gasteiger partial charge in [0.05, 0.1) is 6.04 Å². The first-order chi connectivity index (χ1) is 8.83. The normalized spacial score (nSPS) is 21.8. The second-order valence-electron chi connectivity index (χ2n) is 4.44. The van der Waals surface area contributed by atoms with Gasteiger partial charge in [0.15, 0.2) is 5.82 Å². The molecule has 0 aliphatic carbocycles. The Morgan fingerprint density at radius 1 is 1.56 bits per heavy atom. The van der Waals surface area contributed by atoms with Gasteiger partial charge in [0.2, 0.25) is 4.96 Å². The maximum atomic E-state index is 5.65. The van der Waals surface area contributed by atoms with E-state index in [9.17, 15) is 0 Å². The molecule has 2 unspecified atom stereocenters. The second kappa shape index (κ2) is 4.91. The van der Waals surface area contributed by atoms with Crippen LogP contribution in [0.15, 0.2) is 0 Å². The van der Waals surface area contributed by atoms with E-state index < -0.39 is 0 Å². The molecule has 2 aromatic heterocycles. The van der Waals surface area contributed by atoms with Gasteiger partial charge in [-0.25, -0.2) is 0 Å². The van der Waals surface area contributed by atoms with Crippen LogP contribution in [-0.2, 0) is 4.74 Å². The summed E-state index contributed by atoms with van der Waals surface area (Å²) in [6, 6.07) is 0.286. The minimum atomic E-state index is 0.0598. The lowest BCUT2D eigenvalue weighted by molar-refractivity contribution is 0.103. The molecule has 2 atom stereocenters. The highest BCUT2D eigenvalue weighted by atomic mass is 32.1. The number of nitrogens with zero attached hydrogens (tertiary/aromatic N) is 4. The van der Waals surface area contributed by atoms with Crippen LogP contribution in [0.4, 0.5) is 0 Å². The molecule has 18 heavy (non-hydrogen) atoms. The lowest BCUT2D eigenvalue weighted by atomic mass is 10.2. The van der Waals surface area contributed by atoms with Crippen LogP contribution in [0.2, 0.25) is 0 Å². The van der Waals surface area contributed by atoms with Gasteiger partial charge < -0.3 is 10.1 Å². The zero-order chi connectivity index (χ0) is 12.5. The number of hydrogen-bond donors (Lipinski definition) is 1. The van der Waals surface area contributed by atoms with Crippen molar-refractivity contribution in [3.8, 4) is 0 Å². The molecule has 1 N–H and O–H groups in total. The number of aromatic nitrogens is 4. The van der Waals surface area contributed by atoms with Crippen molar-refractivity contribution < 1.29 is 4.74 Å². The summed E-state index contributed by atoms with van der Waals surface area (Å²) in [6.07, 6.45) is 3.17. The summed E-state index contributed by atoms with van der Waals surface area (Å²) in [6.45, 7) is 2.95. The first-order valence-electron chi connectivity index (χ1n) is 6.34. The first-order valence-corrected chi connectivity index (χ1v) is 7.16. The van der Waals surface area contributed by atoms with Crippen LogP contribution in [0.1, 0.15) is 49.2 Å². The molecule has 1 fully saturated rings. The van der Waals surface area contributed by atoms with Crippen LogP contribution < -0.4 is 5.32 Å². The van der Waals surface area contributed by atoms with Crippen LogP contribution in [0.5, 0.6) is 0 Å². The first kappa shape index (κ1) is 12.0. The van der Waals surface area contributed by atoms with Crippen molar-refractivity contribution in [3.63, 3.8) is 0 Å². The average Bonchev–Trinajstić information content (AvgIpc) is 3.04. The lowest BCUT2D eigenvalue weighted by Crippen LogP contribution is -2.15. The molecule has 98 valence electrons. The standard InChI is InChI=1S/C11H17N5OS/c1-3-7(12-2)10-15-16-9(8-5-4-6-17-8)13-14-11(16)18-10/h7-8,12H,3-6H2,1-2H3. The third kappa shape index (κ3) is 1.92. The molecule has 3 heterocycles. The molecule has 1 aliphatic heterocycles. The van der Waals surface area contributed by atoms with Crippen molar-refractivity contribution >= 4 is 16.3 Å². The van der Waals surface area contributed by atoms with Crippen molar-refractivity contribution in [2.24, 2.45) is 0 Å². The molecule has 0 aromatic carbocycles. The minimum Gasteiger partial charge on any atom is -0.370 e. The van der Waals surface area contributed by atoms with E-state index in [0.717, 1.165) is 41.7 Å². The number of rotatable bonds is 4. The van der Waals surface area contributed by atoms with Gasteiger partial charge >= 0.3 is 0 Å². The quantitative estimate of drug-likeness (QED) is 0.913. The van der Waals surface area contributed by atoms with Crippen LogP contribution in [0.25, 0.3) is 4.96 Å². The van der Waals surface area contributed by atoms with Crippen molar-refractivity contribution in [2.45, 2.75) is 38.3 Å². The summed E-state index contributed by atoms with van der Waals surface area (Å²) in [4.78, 5) is 0.851. The summed E-state index contributed by atoms with van der Waals surface area (Å²) >= 11 is 1.59. The average molecular weight is 267 g/mol. The van der Waals surface area contributed by atoms with Gasteiger partial charge in [0.25, 0.3) is 0 Å². The Morgan fingerprint density at radius 3 is 3.11 bits per heavy atom. The number of hydrogen-bond acceptors (Lipinski definition) is 6. The van der Waals surface area contributed by atoms with E-state index in [0.29, 0.717) is 0 Å². The largest absolute Gasteiger partial charge is 0.370 e. The van der Waals surface area contributed by atoms with Gasteiger partial charge in [-0.1, -0.05) is 18.3 Å². The van der Waals surface area contributed by atoms with Crippen LogP contribution >= 0.6 is 11.3 Å².